The molecule has 0 atom stereocenters. The molecular weight excluding hydrogens is 253 g/mol. The van der Waals surface area contributed by atoms with Gasteiger partial charge in [0.05, 0.1) is 0 Å². The van der Waals surface area contributed by atoms with Gasteiger partial charge >= 0.3 is 0 Å². The first-order valence-electron chi connectivity index (χ1n) is 3.34. The minimum absolute atomic E-state index is 0.570. The fourth-order valence-electron chi connectivity index (χ4n) is 0.848. The molecule has 1 heterocycles. The van der Waals surface area contributed by atoms with Crippen LogP contribution < -0.4 is 11.5 Å². The fourth-order valence-corrected chi connectivity index (χ4v) is 1.53. The number of halogens is 1. The van der Waals surface area contributed by atoms with Crippen molar-refractivity contribution in [3.05, 3.63) is 21.4 Å². The molecule has 0 aliphatic rings. The Morgan fingerprint density at radius 2 is 2.18 bits per heavy atom. The molecule has 0 bridgehead atoms. The van der Waals surface area contributed by atoms with Gasteiger partial charge in [-0.05, 0) is 41.3 Å². The van der Waals surface area contributed by atoms with E-state index in [0.717, 1.165) is 15.7 Å². The van der Waals surface area contributed by atoms with E-state index >= 15 is 0 Å². The highest BCUT2D eigenvalue weighted by atomic mass is 127. The van der Waals surface area contributed by atoms with E-state index in [1.807, 2.05) is 12.1 Å². The van der Waals surface area contributed by atoms with Gasteiger partial charge in [-0.3, -0.25) is 0 Å². The van der Waals surface area contributed by atoms with Gasteiger partial charge in [0.15, 0.2) is 0 Å². The van der Waals surface area contributed by atoms with Gasteiger partial charge < -0.3 is 11.5 Å². The number of nitrogens with two attached hydrogens (primary N) is 2. The highest BCUT2D eigenvalue weighted by Crippen LogP contribution is 2.09. The van der Waals surface area contributed by atoms with Crippen LogP contribution in [0.1, 0.15) is 5.69 Å². The third kappa shape index (κ3) is 2.63. The molecule has 1 aromatic rings. The van der Waals surface area contributed by atoms with Crippen molar-refractivity contribution < 1.29 is 0 Å². The quantitative estimate of drug-likeness (QED) is 0.774. The van der Waals surface area contributed by atoms with E-state index in [-0.39, 0.29) is 0 Å². The van der Waals surface area contributed by atoms with Crippen LogP contribution in [0, 0.1) is 3.57 Å². The largest absolute Gasteiger partial charge is 0.384 e. The molecule has 0 saturated heterocycles. The Balaban J connectivity index is 2.89. The zero-order valence-corrected chi connectivity index (χ0v) is 8.21. The molecule has 0 spiro atoms. The van der Waals surface area contributed by atoms with Crippen molar-refractivity contribution >= 4 is 28.4 Å². The van der Waals surface area contributed by atoms with Crippen molar-refractivity contribution in [2.45, 2.75) is 6.42 Å². The number of nitrogen functional groups attached to an aromatic ring is 1. The maximum absolute atomic E-state index is 5.53. The first-order chi connectivity index (χ1) is 5.22. The normalized spacial score (nSPS) is 10.0. The van der Waals surface area contributed by atoms with Crippen LogP contribution in [0.3, 0.4) is 0 Å². The summed E-state index contributed by atoms with van der Waals surface area (Å²) in [7, 11) is 0. The first-order valence-corrected chi connectivity index (χ1v) is 4.42. The van der Waals surface area contributed by atoms with E-state index in [1.54, 1.807) is 0 Å². The van der Waals surface area contributed by atoms with E-state index in [4.69, 9.17) is 11.5 Å². The zero-order valence-electron chi connectivity index (χ0n) is 6.05. The van der Waals surface area contributed by atoms with E-state index in [1.165, 1.54) is 0 Å². The molecule has 0 aliphatic carbocycles. The van der Waals surface area contributed by atoms with Crippen molar-refractivity contribution in [2.24, 2.45) is 5.73 Å². The van der Waals surface area contributed by atoms with E-state index < -0.39 is 0 Å². The molecule has 0 aliphatic heterocycles. The highest BCUT2D eigenvalue weighted by Gasteiger charge is 1.96. The molecule has 4 heteroatoms. The van der Waals surface area contributed by atoms with E-state index in [9.17, 15) is 0 Å². The zero-order chi connectivity index (χ0) is 8.27. The molecule has 0 aromatic carbocycles. The summed E-state index contributed by atoms with van der Waals surface area (Å²) in [5.41, 5.74) is 11.9. The monoisotopic (exact) mass is 263 g/mol. The Hall–Kier alpha value is -0.360. The summed E-state index contributed by atoms with van der Waals surface area (Å²) in [6.07, 6.45) is 0.793. The topological polar surface area (TPSA) is 64.9 Å². The predicted octanol–water partition coefficient (Wildman–Crippen LogP) is 0.770. The lowest BCUT2D eigenvalue weighted by Crippen LogP contribution is -2.05. The van der Waals surface area contributed by atoms with Gasteiger partial charge in [-0.1, -0.05) is 0 Å². The summed E-state index contributed by atoms with van der Waals surface area (Å²) in [5.74, 6) is 0.570. The van der Waals surface area contributed by atoms with Crippen LogP contribution in [0.25, 0.3) is 0 Å². The van der Waals surface area contributed by atoms with Crippen LogP contribution in [-0.2, 0) is 6.42 Å². The maximum Gasteiger partial charge on any atom is 0.124 e. The molecule has 0 fully saturated rings. The standard InChI is InChI=1S/C7H10IN3/c8-5-3-6(1-2-9)11-7(10)4-5/h3-4H,1-2,9H2,(H2,10,11). The van der Waals surface area contributed by atoms with Gasteiger partial charge in [-0.15, -0.1) is 0 Å². The molecule has 3 nitrogen and oxygen atoms in total. The lowest BCUT2D eigenvalue weighted by molar-refractivity contribution is 0.924. The second-order valence-corrected chi connectivity index (χ2v) is 3.49. The van der Waals surface area contributed by atoms with Gasteiger partial charge in [-0.25, -0.2) is 4.98 Å². The summed E-state index contributed by atoms with van der Waals surface area (Å²) in [4.78, 5) is 4.12. The number of aromatic nitrogens is 1. The molecule has 1 aromatic heterocycles. The number of hydrogen-bond acceptors (Lipinski definition) is 3. The van der Waals surface area contributed by atoms with Gasteiger partial charge in [0, 0.05) is 15.7 Å². The summed E-state index contributed by atoms with van der Waals surface area (Å²) >= 11 is 2.21. The van der Waals surface area contributed by atoms with Crippen molar-refractivity contribution in [2.75, 3.05) is 12.3 Å². The second-order valence-electron chi connectivity index (χ2n) is 2.24. The highest BCUT2D eigenvalue weighted by molar-refractivity contribution is 14.1. The third-order valence-corrected chi connectivity index (χ3v) is 1.89. The van der Waals surface area contributed by atoms with Crippen molar-refractivity contribution in [1.82, 2.24) is 4.98 Å². The lowest BCUT2D eigenvalue weighted by atomic mass is 10.3. The Kier molecular flexibility index (Phi) is 3.07. The van der Waals surface area contributed by atoms with Crippen LogP contribution in [-0.4, -0.2) is 11.5 Å². The molecular formula is C7H10IN3. The number of anilines is 1. The molecule has 11 heavy (non-hydrogen) atoms. The molecule has 0 amide bonds. The number of nitrogens with zero attached hydrogens (tertiary/aromatic N) is 1. The average Bonchev–Trinajstić information content (AvgIpc) is 1.85. The lowest BCUT2D eigenvalue weighted by Gasteiger charge is -2.00. The van der Waals surface area contributed by atoms with Crippen LogP contribution in [0.4, 0.5) is 5.82 Å². The first kappa shape index (κ1) is 8.73. The van der Waals surface area contributed by atoms with Crippen molar-refractivity contribution in [3.8, 4) is 0 Å². The van der Waals surface area contributed by atoms with Gasteiger partial charge in [0.2, 0.25) is 0 Å². The van der Waals surface area contributed by atoms with Gasteiger partial charge in [0.1, 0.15) is 5.82 Å². The number of hydrogen-bond donors (Lipinski definition) is 2. The molecule has 0 unspecified atom stereocenters. The Labute approximate surface area is 79.3 Å². The summed E-state index contributed by atoms with van der Waals surface area (Å²) in [6, 6.07) is 3.82. The number of rotatable bonds is 2. The van der Waals surface area contributed by atoms with Crippen LogP contribution in [0.5, 0.6) is 0 Å². The number of pyridine rings is 1. The molecule has 0 radical (unpaired) electrons. The average molecular weight is 263 g/mol. The van der Waals surface area contributed by atoms with E-state index in [2.05, 4.69) is 27.6 Å². The fraction of sp³-hybridized carbons (Fsp3) is 0.286. The molecule has 0 saturated carbocycles. The van der Waals surface area contributed by atoms with Crippen LogP contribution >= 0.6 is 22.6 Å². The summed E-state index contributed by atoms with van der Waals surface area (Å²) < 4.78 is 1.11. The minimum atomic E-state index is 0.570. The van der Waals surface area contributed by atoms with Gasteiger partial charge in [-0.2, -0.15) is 0 Å². The Morgan fingerprint density at radius 1 is 1.45 bits per heavy atom. The Morgan fingerprint density at radius 3 is 2.73 bits per heavy atom. The summed E-state index contributed by atoms with van der Waals surface area (Å²) in [6.45, 7) is 0.618. The smallest absolute Gasteiger partial charge is 0.124 e. The molecule has 1 rings (SSSR count). The van der Waals surface area contributed by atoms with Crippen LogP contribution in [0.15, 0.2) is 12.1 Å². The predicted molar refractivity (Wildman–Crippen MR) is 54.1 cm³/mol. The van der Waals surface area contributed by atoms with Crippen LogP contribution in [0.2, 0.25) is 0 Å². The van der Waals surface area contributed by atoms with E-state index in [0.29, 0.717) is 12.4 Å². The maximum atomic E-state index is 5.53. The molecule has 4 N–H and O–H groups in total. The SMILES string of the molecule is NCCc1cc(I)cc(N)n1. The molecule has 60 valence electrons. The third-order valence-electron chi connectivity index (χ3n) is 1.26. The van der Waals surface area contributed by atoms with Crippen molar-refractivity contribution in [1.29, 1.82) is 0 Å². The minimum Gasteiger partial charge on any atom is -0.384 e. The van der Waals surface area contributed by atoms with Gasteiger partial charge in [0.25, 0.3) is 0 Å². The Bertz CT molecular complexity index is 229. The summed E-state index contributed by atoms with van der Waals surface area (Å²) in [5, 5.41) is 0. The second kappa shape index (κ2) is 3.87. The van der Waals surface area contributed by atoms with Crippen molar-refractivity contribution in [3.63, 3.8) is 0 Å².